The summed E-state index contributed by atoms with van der Waals surface area (Å²) in [4.78, 5) is 27.6. The number of aromatic nitrogens is 1. The van der Waals surface area contributed by atoms with Crippen LogP contribution in [0, 0.1) is 6.07 Å². The molecule has 2 rings (SSSR count). The maximum Gasteiger partial charge on any atom is 0.294 e. The normalized spacial score (nSPS) is 10.4. The van der Waals surface area contributed by atoms with Crippen LogP contribution in [0.3, 0.4) is 0 Å². The Labute approximate surface area is 92.9 Å². The van der Waals surface area contributed by atoms with Crippen molar-refractivity contribution >= 4 is 22.6 Å². The van der Waals surface area contributed by atoms with Crippen molar-refractivity contribution < 1.29 is 9.59 Å². The fourth-order valence-electron chi connectivity index (χ4n) is 1.50. The Morgan fingerprint density at radius 2 is 2.12 bits per heavy atom. The van der Waals surface area contributed by atoms with Crippen LogP contribution in [-0.2, 0) is 4.79 Å². The molecule has 1 N–H and O–H groups in total. The van der Waals surface area contributed by atoms with Crippen LogP contribution < -0.4 is 0 Å². The highest BCUT2D eigenvalue weighted by molar-refractivity contribution is 6.44. The third kappa shape index (κ3) is 1.58. The molecule has 1 aromatic carbocycles. The van der Waals surface area contributed by atoms with Gasteiger partial charge in [0, 0.05) is 31.2 Å². The van der Waals surface area contributed by atoms with E-state index in [0.29, 0.717) is 10.9 Å². The number of hydrogen-bond donors (Lipinski definition) is 1. The average molecular weight is 215 g/mol. The van der Waals surface area contributed by atoms with Crippen LogP contribution in [0.1, 0.15) is 10.4 Å². The fraction of sp³-hybridized carbons (Fsp3) is 0.167. The predicted octanol–water partition coefficient (Wildman–Crippen LogP) is 1.24. The first-order valence-corrected chi connectivity index (χ1v) is 4.85. The van der Waals surface area contributed by atoms with Gasteiger partial charge in [0.2, 0.25) is 0 Å². The minimum Gasteiger partial charge on any atom is -0.360 e. The predicted molar refractivity (Wildman–Crippen MR) is 60.2 cm³/mol. The molecular formula is C12H11N2O2. The maximum absolute atomic E-state index is 11.8. The number of Topliss-reactive ketones (excluding diaryl/α,β-unsaturated/α-hetero) is 1. The molecule has 1 amide bonds. The molecule has 81 valence electrons. The summed E-state index contributed by atoms with van der Waals surface area (Å²) in [6.07, 6.45) is 1.55. The van der Waals surface area contributed by atoms with E-state index in [1.54, 1.807) is 26.4 Å². The smallest absolute Gasteiger partial charge is 0.294 e. The number of nitrogens with one attached hydrogen (secondary N) is 1. The summed E-state index contributed by atoms with van der Waals surface area (Å²) in [6, 6.07) is 8.32. The van der Waals surface area contributed by atoms with Crippen molar-refractivity contribution in [1.29, 1.82) is 0 Å². The summed E-state index contributed by atoms with van der Waals surface area (Å²) >= 11 is 0. The summed E-state index contributed by atoms with van der Waals surface area (Å²) in [6.45, 7) is 0. The Kier molecular flexibility index (Phi) is 2.48. The summed E-state index contributed by atoms with van der Waals surface area (Å²) in [5.74, 6) is -1.04. The van der Waals surface area contributed by atoms with Gasteiger partial charge in [0.15, 0.2) is 0 Å². The Hall–Kier alpha value is -2.10. The highest BCUT2D eigenvalue weighted by atomic mass is 16.2. The molecule has 0 aliphatic heterocycles. The van der Waals surface area contributed by atoms with Crippen molar-refractivity contribution in [3.05, 3.63) is 36.0 Å². The first kappa shape index (κ1) is 10.4. The lowest BCUT2D eigenvalue weighted by Gasteiger charge is -2.07. The van der Waals surface area contributed by atoms with E-state index in [0.717, 1.165) is 5.52 Å². The number of H-pyrrole nitrogens is 1. The number of nitrogens with zero attached hydrogens (tertiary/aromatic N) is 1. The molecule has 0 fully saturated rings. The van der Waals surface area contributed by atoms with Gasteiger partial charge in [-0.05, 0) is 12.1 Å². The molecule has 0 bridgehead atoms. The summed E-state index contributed by atoms with van der Waals surface area (Å²) < 4.78 is 0. The number of aromatic amines is 1. The van der Waals surface area contributed by atoms with Crippen LogP contribution in [0.5, 0.6) is 0 Å². The number of carbonyl (C=O) groups is 2. The summed E-state index contributed by atoms with van der Waals surface area (Å²) in [5, 5.41) is 0.655. The van der Waals surface area contributed by atoms with Gasteiger partial charge in [0.25, 0.3) is 11.7 Å². The van der Waals surface area contributed by atoms with Gasteiger partial charge < -0.3 is 9.88 Å². The van der Waals surface area contributed by atoms with Crippen LogP contribution >= 0.6 is 0 Å². The van der Waals surface area contributed by atoms with Crippen LogP contribution in [0.2, 0.25) is 0 Å². The minimum atomic E-state index is -0.529. The lowest BCUT2D eigenvalue weighted by Crippen LogP contribution is -2.29. The second kappa shape index (κ2) is 3.81. The molecule has 0 spiro atoms. The fourth-order valence-corrected chi connectivity index (χ4v) is 1.50. The lowest BCUT2D eigenvalue weighted by molar-refractivity contribution is -0.124. The summed E-state index contributed by atoms with van der Waals surface area (Å²) in [5.41, 5.74) is 1.17. The topological polar surface area (TPSA) is 53.2 Å². The number of fused-ring (bicyclic) bond motifs is 1. The molecule has 1 radical (unpaired) electrons. The minimum absolute atomic E-state index is 0.370. The van der Waals surface area contributed by atoms with E-state index in [1.165, 1.54) is 4.90 Å². The zero-order chi connectivity index (χ0) is 11.7. The Morgan fingerprint density at radius 3 is 2.81 bits per heavy atom. The molecule has 2 aromatic rings. The molecule has 4 nitrogen and oxygen atoms in total. The lowest BCUT2D eigenvalue weighted by atomic mass is 10.1. The quantitative estimate of drug-likeness (QED) is 0.605. The van der Waals surface area contributed by atoms with Gasteiger partial charge in [-0.2, -0.15) is 0 Å². The average Bonchev–Trinajstić information content (AvgIpc) is 2.70. The van der Waals surface area contributed by atoms with Gasteiger partial charge in [-0.3, -0.25) is 9.59 Å². The van der Waals surface area contributed by atoms with Crippen molar-refractivity contribution in [3.63, 3.8) is 0 Å². The van der Waals surface area contributed by atoms with Crippen LogP contribution in [0.15, 0.2) is 24.4 Å². The standard InChI is InChI=1S/C12H11N2O2/c1-14(2)12(16)11(15)9-7-13-10-6-4-3-5-8(9)10/h3-4,6-7,13H,1-2H3. The first-order chi connectivity index (χ1) is 7.61. The second-order valence-electron chi connectivity index (χ2n) is 3.69. The number of ketones is 1. The van der Waals surface area contributed by atoms with Gasteiger partial charge in [-0.25, -0.2) is 0 Å². The Bertz CT molecular complexity index is 555. The van der Waals surface area contributed by atoms with Gasteiger partial charge >= 0.3 is 0 Å². The monoisotopic (exact) mass is 215 g/mol. The van der Waals surface area contributed by atoms with Crippen LogP contribution in [0.4, 0.5) is 0 Å². The number of amides is 1. The molecule has 0 saturated heterocycles. The Balaban J connectivity index is 2.48. The third-order valence-corrected chi connectivity index (χ3v) is 2.34. The first-order valence-electron chi connectivity index (χ1n) is 4.85. The van der Waals surface area contributed by atoms with Crippen molar-refractivity contribution in [1.82, 2.24) is 9.88 Å². The van der Waals surface area contributed by atoms with Crippen molar-refractivity contribution in [2.75, 3.05) is 14.1 Å². The van der Waals surface area contributed by atoms with E-state index in [1.807, 2.05) is 12.1 Å². The molecule has 0 unspecified atom stereocenters. The molecule has 0 aliphatic carbocycles. The molecular weight excluding hydrogens is 204 g/mol. The van der Waals surface area contributed by atoms with E-state index >= 15 is 0 Å². The van der Waals surface area contributed by atoms with Crippen LogP contribution in [-0.4, -0.2) is 35.7 Å². The summed E-state index contributed by atoms with van der Waals surface area (Å²) in [7, 11) is 3.11. The number of benzene rings is 1. The molecule has 1 aromatic heterocycles. The number of hydrogen-bond acceptors (Lipinski definition) is 2. The van der Waals surface area contributed by atoms with E-state index in [2.05, 4.69) is 11.1 Å². The van der Waals surface area contributed by atoms with Gasteiger partial charge in [0.05, 0.1) is 5.56 Å². The number of likely N-dealkylation sites (N-methyl/N-ethyl adjacent to an activating group) is 1. The molecule has 16 heavy (non-hydrogen) atoms. The van der Waals surface area contributed by atoms with E-state index < -0.39 is 11.7 Å². The molecule has 0 aliphatic rings. The van der Waals surface area contributed by atoms with Gasteiger partial charge in [-0.15, -0.1) is 0 Å². The highest BCUT2D eigenvalue weighted by Crippen LogP contribution is 2.17. The van der Waals surface area contributed by atoms with E-state index in [4.69, 9.17) is 0 Å². The number of rotatable bonds is 2. The zero-order valence-corrected chi connectivity index (χ0v) is 9.07. The second-order valence-corrected chi connectivity index (χ2v) is 3.69. The molecule has 1 heterocycles. The molecule has 0 atom stereocenters. The largest absolute Gasteiger partial charge is 0.360 e. The van der Waals surface area contributed by atoms with E-state index in [9.17, 15) is 9.59 Å². The third-order valence-electron chi connectivity index (χ3n) is 2.34. The van der Waals surface area contributed by atoms with Crippen molar-refractivity contribution in [2.24, 2.45) is 0 Å². The number of carbonyl (C=O) groups excluding carboxylic acids is 2. The molecule has 4 heteroatoms. The molecule has 0 saturated carbocycles. The van der Waals surface area contributed by atoms with E-state index in [-0.39, 0.29) is 0 Å². The van der Waals surface area contributed by atoms with Crippen molar-refractivity contribution in [3.8, 4) is 0 Å². The SMILES string of the molecule is CN(C)C(=O)C(=O)c1c[nH]c2ccc[c]c12. The highest BCUT2D eigenvalue weighted by Gasteiger charge is 2.21. The van der Waals surface area contributed by atoms with Gasteiger partial charge in [-0.1, -0.05) is 12.1 Å². The maximum atomic E-state index is 11.8. The van der Waals surface area contributed by atoms with Gasteiger partial charge in [0.1, 0.15) is 0 Å². The van der Waals surface area contributed by atoms with Crippen LogP contribution in [0.25, 0.3) is 10.9 Å². The van der Waals surface area contributed by atoms with Crippen molar-refractivity contribution in [2.45, 2.75) is 0 Å². The Morgan fingerprint density at radius 1 is 1.38 bits per heavy atom. The zero-order valence-electron chi connectivity index (χ0n) is 9.07.